The molecule has 0 aliphatic carbocycles. The monoisotopic (exact) mass is 254 g/mol. The summed E-state index contributed by atoms with van der Waals surface area (Å²) in [4.78, 5) is 18.7. The normalized spacial score (nSPS) is 15.7. The largest absolute Gasteiger partial charge is 0.402 e. The predicted molar refractivity (Wildman–Crippen MR) is 77.0 cm³/mol. The summed E-state index contributed by atoms with van der Waals surface area (Å²) in [6.07, 6.45) is 0. The molecule has 0 atom stereocenters. The molecule has 1 aromatic carbocycles. The molecule has 0 saturated heterocycles. The van der Waals surface area contributed by atoms with Gasteiger partial charge in [-0.2, -0.15) is 0 Å². The number of nitrogens with zero attached hydrogens (tertiary/aromatic N) is 3. The smallest absolute Gasteiger partial charge is 0.219 e. The van der Waals surface area contributed by atoms with Crippen molar-refractivity contribution in [3.05, 3.63) is 35.9 Å². The Morgan fingerprint density at radius 3 is 2.79 bits per heavy atom. The van der Waals surface area contributed by atoms with Crippen LogP contribution < -0.4 is 5.32 Å². The zero-order chi connectivity index (χ0) is 13.6. The van der Waals surface area contributed by atoms with Crippen LogP contribution in [0.15, 0.2) is 30.1 Å². The molecule has 1 N–H and O–H groups in total. The van der Waals surface area contributed by atoms with Crippen molar-refractivity contribution in [2.45, 2.75) is 0 Å². The Bertz CT molecular complexity index is 704. The lowest BCUT2D eigenvalue weighted by Gasteiger charge is -2.15. The summed E-state index contributed by atoms with van der Waals surface area (Å²) in [5.41, 5.74) is 2.61. The number of nitrogens with one attached hydrogen (secondary N) is 1. The number of carbonyl (C=O) groups excluding carboxylic acids is 1. The van der Waals surface area contributed by atoms with Crippen LogP contribution in [0.3, 0.4) is 0 Å². The van der Waals surface area contributed by atoms with Crippen LogP contribution in [-0.4, -0.2) is 41.7 Å². The van der Waals surface area contributed by atoms with E-state index in [1.165, 1.54) is 0 Å². The van der Waals surface area contributed by atoms with E-state index in [1.807, 2.05) is 55.7 Å². The predicted octanol–water partition coefficient (Wildman–Crippen LogP) is -0.106. The molecule has 2 aromatic rings. The van der Waals surface area contributed by atoms with Gasteiger partial charge in [0.2, 0.25) is 7.98 Å². The summed E-state index contributed by atoms with van der Waals surface area (Å²) in [5.74, 6) is 1.66. The van der Waals surface area contributed by atoms with E-state index in [0.29, 0.717) is 12.1 Å². The maximum atomic E-state index is 12.2. The van der Waals surface area contributed by atoms with E-state index in [9.17, 15) is 4.79 Å². The molecule has 0 fully saturated rings. The quantitative estimate of drug-likeness (QED) is 0.760. The molecule has 3 rings (SSSR count). The van der Waals surface area contributed by atoms with E-state index in [2.05, 4.69) is 10.3 Å². The summed E-state index contributed by atoms with van der Waals surface area (Å²) in [6.45, 7) is 0.398. The molecule has 1 aliphatic rings. The highest BCUT2D eigenvalue weighted by atomic mass is 16.1. The second-order valence-electron chi connectivity index (χ2n) is 4.74. The zero-order valence-corrected chi connectivity index (χ0v) is 11.3. The fourth-order valence-electron chi connectivity index (χ4n) is 2.61. The Morgan fingerprint density at radius 1 is 1.37 bits per heavy atom. The third-order valence-corrected chi connectivity index (χ3v) is 3.53. The number of aryl methyl sites for hydroxylation is 1. The van der Waals surface area contributed by atoms with Gasteiger partial charge in [-0.15, -0.1) is 0 Å². The first-order chi connectivity index (χ1) is 9.13. The number of para-hydroxylation sites is 2. The number of ketones is 1. The van der Waals surface area contributed by atoms with Crippen molar-refractivity contribution >= 4 is 30.4 Å². The Balaban J connectivity index is 2.27. The minimum absolute atomic E-state index is 0.102. The van der Waals surface area contributed by atoms with Crippen molar-refractivity contribution in [3.63, 3.8) is 0 Å². The number of rotatable bonds is 2. The zero-order valence-electron chi connectivity index (χ0n) is 11.3. The van der Waals surface area contributed by atoms with Gasteiger partial charge in [0.05, 0.1) is 17.6 Å². The van der Waals surface area contributed by atoms with Gasteiger partial charge >= 0.3 is 0 Å². The molecule has 0 radical (unpaired) electrons. The summed E-state index contributed by atoms with van der Waals surface area (Å²) >= 11 is 0. The van der Waals surface area contributed by atoms with Crippen molar-refractivity contribution in [2.24, 2.45) is 7.05 Å². The van der Waals surface area contributed by atoms with Gasteiger partial charge < -0.3 is 14.7 Å². The first kappa shape index (κ1) is 11.8. The van der Waals surface area contributed by atoms with Crippen LogP contribution in [0.4, 0.5) is 0 Å². The standard InChI is InChI=1S/C13H15BN4O/c1-15-12-11(10(19)7-18(12)14)13-16-8-5-3-4-6-9(8)17(13)2/h3-6,15H,7,14H2,1-2H3. The number of carbonyl (C=O) groups is 1. The highest BCUT2D eigenvalue weighted by molar-refractivity contribution is 6.27. The van der Waals surface area contributed by atoms with Crippen LogP contribution in [0.5, 0.6) is 0 Å². The van der Waals surface area contributed by atoms with Crippen molar-refractivity contribution in [3.8, 4) is 0 Å². The Labute approximate surface area is 112 Å². The minimum Gasteiger partial charge on any atom is -0.402 e. The van der Waals surface area contributed by atoms with E-state index in [-0.39, 0.29) is 5.78 Å². The van der Waals surface area contributed by atoms with Crippen molar-refractivity contribution in [1.29, 1.82) is 0 Å². The molecule has 96 valence electrons. The molecular formula is C13H15BN4O. The second-order valence-corrected chi connectivity index (χ2v) is 4.74. The van der Waals surface area contributed by atoms with Crippen molar-refractivity contribution < 1.29 is 4.79 Å². The van der Waals surface area contributed by atoms with Crippen LogP contribution in [0, 0.1) is 0 Å². The van der Waals surface area contributed by atoms with E-state index in [1.54, 1.807) is 0 Å². The molecule has 0 spiro atoms. The third-order valence-electron chi connectivity index (χ3n) is 3.53. The number of benzene rings is 1. The Hall–Kier alpha value is -2.24. The van der Waals surface area contributed by atoms with E-state index >= 15 is 0 Å². The average molecular weight is 254 g/mol. The highest BCUT2D eigenvalue weighted by Crippen LogP contribution is 2.27. The summed E-state index contributed by atoms with van der Waals surface area (Å²) in [7, 11) is 5.67. The fourth-order valence-corrected chi connectivity index (χ4v) is 2.61. The van der Waals surface area contributed by atoms with Gasteiger partial charge in [0.25, 0.3) is 0 Å². The first-order valence-electron chi connectivity index (χ1n) is 6.21. The van der Waals surface area contributed by atoms with Gasteiger partial charge in [-0.1, -0.05) is 12.1 Å². The molecule has 5 nitrogen and oxygen atoms in total. The lowest BCUT2D eigenvalue weighted by atomic mass is 10.2. The number of hydrogen-bond donors (Lipinski definition) is 1. The van der Waals surface area contributed by atoms with Crippen molar-refractivity contribution in [1.82, 2.24) is 19.7 Å². The van der Waals surface area contributed by atoms with Crippen LogP contribution >= 0.6 is 0 Å². The Morgan fingerprint density at radius 2 is 2.11 bits per heavy atom. The number of Topliss-reactive ketones (excluding diaryl/α,β-unsaturated/α-hetero) is 1. The van der Waals surface area contributed by atoms with Gasteiger partial charge in [0.15, 0.2) is 5.78 Å². The average Bonchev–Trinajstić information content (AvgIpc) is 2.87. The highest BCUT2D eigenvalue weighted by Gasteiger charge is 2.30. The SMILES string of the molecule is BN1CC(=O)C(c2nc3ccccc3n2C)=C1NC. The van der Waals surface area contributed by atoms with E-state index in [0.717, 1.165) is 22.7 Å². The van der Waals surface area contributed by atoms with Gasteiger partial charge in [-0.25, -0.2) is 4.98 Å². The maximum absolute atomic E-state index is 12.2. The molecule has 1 aromatic heterocycles. The lowest BCUT2D eigenvalue weighted by Crippen LogP contribution is -2.24. The molecule has 1 aliphatic heterocycles. The van der Waals surface area contributed by atoms with Gasteiger partial charge in [-0.05, 0) is 12.1 Å². The lowest BCUT2D eigenvalue weighted by molar-refractivity contribution is -0.113. The van der Waals surface area contributed by atoms with Crippen LogP contribution in [0.2, 0.25) is 0 Å². The molecule has 6 heteroatoms. The summed E-state index contributed by atoms with van der Waals surface area (Å²) in [6, 6.07) is 7.90. The Kier molecular flexibility index (Phi) is 2.59. The summed E-state index contributed by atoms with van der Waals surface area (Å²) in [5, 5.41) is 3.10. The van der Waals surface area contributed by atoms with Gasteiger partial charge in [-0.3, -0.25) is 4.79 Å². The molecule has 19 heavy (non-hydrogen) atoms. The summed E-state index contributed by atoms with van der Waals surface area (Å²) < 4.78 is 1.97. The van der Waals surface area contributed by atoms with Gasteiger partial charge in [0.1, 0.15) is 17.2 Å². The van der Waals surface area contributed by atoms with Gasteiger partial charge in [0, 0.05) is 14.1 Å². The molecule has 2 heterocycles. The number of hydrogen-bond acceptors (Lipinski definition) is 4. The fraction of sp³-hybridized carbons (Fsp3) is 0.231. The van der Waals surface area contributed by atoms with Crippen LogP contribution in [0.25, 0.3) is 16.6 Å². The van der Waals surface area contributed by atoms with E-state index < -0.39 is 0 Å². The molecule has 0 bridgehead atoms. The maximum Gasteiger partial charge on any atom is 0.219 e. The van der Waals surface area contributed by atoms with Crippen molar-refractivity contribution in [2.75, 3.05) is 13.6 Å². The second kappa shape index (κ2) is 4.15. The minimum atomic E-state index is 0.102. The molecule has 0 unspecified atom stereocenters. The molecular weight excluding hydrogens is 239 g/mol. The van der Waals surface area contributed by atoms with E-state index in [4.69, 9.17) is 0 Å². The van der Waals surface area contributed by atoms with Crippen LogP contribution in [0.1, 0.15) is 5.82 Å². The number of imidazole rings is 1. The molecule has 0 amide bonds. The topological polar surface area (TPSA) is 50.2 Å². The third kappa shape index (κ3) is 1.63. The number of fused-ring (bicyclic) bond motifs is 1. The first-order valence-corrected chi connectivity index (χ1v) is 6.21. The number of aromatic nitrogens is 2. The molecule has 0 saturated carbocycles. The van der Waals surface area contributed by atoms with Crippen LogP contribution in [-0.2, 0) is 11.8 Å².